The lowest BCUT2D eigenvalue weighted by molar-refractivity contribution is -0.138. The van der Waals surface area contributed by atoms with Crippen LogP contribution in [0.1, 0.15) is 44.1 Å². The Labute approximate surface area is 167 Å². The lowest BCUT2D eigenvalue weighted by atomic mass is 9.78. The van der Waals surface area contributed by atoms with E-state index in [1.54, 1.807) is 0 Å². The van der Waals surface area contributed by atoms with Crippen LogP contribution in [0.3, 0.4) is 0 Å². The molecular formula is C22H31N3O3. The number of nitrogens with one attached hydrogen (secondary N) is 1. The van der Waals surface area contributed by atoms with Gasteiger partial charge in [0.15, 0.2) is 0 Å². The molecule has 1 saturated carbocycles. The number of nitrogens with zero attached hydrogens (tertiary/aromatic N) is 2. The molecule has 1 N–H and O–H groups in total. The molecule has 0 radical (unpaired) electrons. The van der Waals surface area contributed by atoms with Gasteiger partial charge in [-0.25, -0.2) is 0 Å². The summed E-state index contributed by atoms with van der Waals surface area (Å²) in [5, 5.41) is 2.84. The summed E-state index contributed by atoms with van der Waals surface area (Å²) >= 11 is 0. The van der Waals surface area contributed by atoms with Crippen molar-refractivity contribution in [3.8, 4) is 5.75 Å². The minimum atomic E-state index is -0.389. The lowest BCUT2D eigenvalue weighted by Gasteiger charge is -2.42. The van der Waals surface area contributed by atoms with Crippen molar-refractivity contribution in [3.05, 3.63) is 29.8 Å². The average Bonchev–Trinajstić information content (AvgIpc) is 3.03. The molecule has 2 heterocycles. The second kappa shape index (κ2) is 7.74. The van der Waals surface area contributed by atoms with Crippen molar-refractivity contribution in [1.82, 2.24) is 15.1 Å². The maximum Gasteiger partial charge on any atom is 0.245 e. The summed E-state index contributed by atoms with van der Waals surface area (Å²) in [4.78, 5) is 29.0. The monoisotopic (exact) mass is 385 g/mol. The Morgan fingerprint density at radius 1 is 1.25 bits per heavy atom. The molecular weight excluding hydrogens is 354 g/mol. The molecule has 0 aromatic heterocycles. The van der Waals surface area contributed by atoms with E-state index in [-0.39, 0.29) is 23.5 Å². The number of hydrogen-bond acceptors (Lipinski definition) is 4. The van der Waals surface area contributed by atoms with E-state index in [1.807, 2.05) is 29.2 Å². The molecule has 4 rings (SSSR count). The highest BCUT2D eigenvalue weighted by Gasteiger charge is 2.43. The van der Waals surface area contributed by atoms with Crippen molar-refractivity contribution in [2.75, 3.05) is 27.2 Å². The fraction of sp³-hybridized carbons (Fsp3) is 0.636. The molecule has 2 aliphatic heterocycles. The Kier molecular flexibility index (Phi) is 5.32. The quantitative estimate of drug-likeness (QED) is 0.866. The molecule has 1 aromatic carbocycles. The molecule has 2 amide bonds. The van der Waals surface area contributed by atoms with E-state index in [1.165, 1.54) is 0 Å². The number of amides is 2. The Balaban J connectivity index is 1.56. The van der Waals surface area contributed by atoms with Crippen molar-refractivity contribution in [2.24, 2.45) is 5.92 Å². The Morgan fingerprint density at radius 3 is 2.68 bits per heavy atom. The van der Waals surface area contributed by atoms with E-state index in [2.05, 4.69) is 24.3 Å². The topological polar surface area (TPSA) is 61.9 Å². The highest BCUT2D eigenvalue weighted by Crippen LogP contribution is 2.40. The van der Waals surface area contributed by atoms with Gasteiger partial charge in [-0.2, -0.15) is 0 Å². The lowest BCUT2D eigenvalue weighted by Crippen LogP contribution is -2.53. The molecule has 1 aliphatic carbocycles. The van der Waals surface area contributed by atoms with Gasteiger partial charge in [-0.15, -0.1) is 0 Å². The first-order chi connectivity index (χ1) is 13.4. The van der Waals surface area contributed by atoms with E-state index < -0.39 is 0 Å². The zero-order valence-electron chi connectivity index (χ0n) is 16.9. The van der Waals surface area contributed by atoms with Crippen molar-refractivity contribution in [2.45, 2.75) is 56.7 Å². The zero-order chi connectivity index (χ0) is 19.7. The molecule has 2 fully saturated rings. The third kappa shape index (κ3) is 4.02. The number of carbonyl (C=O) groups excluding carboxylic acids is 2. The third-order valence-corrected chi connectivity index (χ3v) is 6.38. The number of benzene rings is 1. The summed E-state index contributed by atoms with van der Waals surface area (Å²) in [5.41, 5.74) is 0.723. The van der Waals surface area contributed by atoms with Crippen LogP contribution in [0.15, 0.2) is 24.3 Å². The van der Waals surface area contributed by atoms with E-state index in [0.717, 1.165) is 43.5 Å². The van der Waals surface area contributed by atoms with Gasteiger partial charge in [0, 0.05) is 25.1 Å². The molecule has 1 spiro atoms. The normalized spacial score (nSPS) is 30.0. The number of ether oxygens (including phenoxy) is 1. The van der Waals surface area contributed by atoms with Crippen molar-refractivity contribution < 1.29 is 14.3 Å². The van der Waals surface area contributed by atoms with Gasteiger partial charge in [0.25, 0.3) is 0 Å². The van der Waals surface area contributed by atoms with Crippen LogP contribution in [0.4, 0.5) is 0 Å². The van der Waals surface area contributed by atoms with Gasteiger partial charge in [0.2, 0.25) is 11.8 Å². The van der Waals surface area contributed by atoms with Crippen LogP contribution in [0, 0.1) is 5.92 Å². The first-order valence-electron chi connectivity index (χ1n) is 10.4. The van der Waals surface area contributed by atoms with Crippen molar-refractivity contribution in [1.29, 1.82) is 0 Å². The van der Waals surface area contributed by atoms with E-state index in [4.69, 9.17) is 4.74 Å². The van der Waals surface area contributed by atoms with Crippen LogP contribution in [-0.2, 0) is 16.1 Å². The second-order valence-corrected chi connectivity index (χ2v) is 8.95. The van der Waals surface area contributed by atoms with Gasteiger partial charge in [-0.3, -0.25) is 9.59 Å². The van der Waals surface area contributed by atoms with Crippen LogP contribution < -0.4 is 10.1 Å². The molecule has 6 nitrogen and oxygen atoms in total. The van der Waals surface area contributed by atoms with E-state index in [0.29, 0.717) is 31.8 Å². The molecule has 1 atom stereocenters. The maximum atomic E-state index is 13.2. The minimum absolute atomic E-state index is 0.0243. The number of carbonyl (C=O) groups is 2. The summed E-state index contributed by atoms with van der Waals surface area (Å²) < 4.78 is 6.61. The number of fused-ring (bicyclic) bond motifs is 1. The molecule has 152 valence electrons. The SMILES string of the molecule is CN(C)CC1CCC2(CC1)CN(C(=O)[C@@H]1CCC(=O)N1)Cc1ccccc1O2. The van der Waals surface area contributed by atoms with Crippen molar-refractivity contribution >= 4 is 11.8 Å². The second-order valence-electron chi connectivity index (χ2n) is 8.95. The zero-order valence-corrected chi connectivity index (χ0v) is 16.9. The standard InChI is InChI=1S/C22H31N3O3/c1-24(2)13-16-9-11-22(12-10-16)15-25(21(27)18-7-8-20(26)23-18)14-17-5-3-4-6-19(17)28-22/h3-6,16,18H,7-15H2,1-2H3,(H,23,26)/t16?,18-,22?/m0/s1. The van der Waals surface area contributed by atoms with Crippen molar-refractivity contribution in [3.63, 3.8) is 0 Å². The van der Waals surface area contributed by atoms with Crippen LogP contribution >= 0.6 is 0 Å². The van der Waals surface area contributed by atoms with Gasteiger partial charge in [0.1, 0.15) is 17.4 Å². The van der Waals surface area contributed by atoms with E-state index in [9.17, 15) is 9.59 Å². The molecule has 0 unspecified atom stereocenters. The van der Waals surface area contributed by atoms with Gasteiger partial charge in [-0.05, 0) is 58.2 Å². The van der Waals surface area contributed by atoms with Crippen LogP contribution in [0.5, 0.6) is 5.75 Å². The Morgan fingerprint density at radius 2 is 2.00 bits per heavy atom. The van der Waals surface area contributed by atoms with Gasteiger partial charge < -0.3 is 19.9 Å². The Bertz CT molecular complexity index is 740. The van der Waals surface area contributed by atoms with Gasteiger partial charge in [-0.1, -0.05) is 18.2 Å². The highest BCUT2D eigenvalue weighted by molar-refractivity contribution is 5.90. The highest BCUT2D eigenvalue weighted by atomic mass is 16.5. The molecule has 28 heavy (non-hydrogen) atoms. The fourth-order valence-electron chi connectivity index (χ4n) is 4.95. The summed E-state index contributed by atoms with van der Waals surface area (Å²) in [5.74, 6) is 1.59. The average molecular weight is 386 g/mol. The fourth-order valence-corrected chi connectivity index (χ4v) is 4.95. The largest absolute Gasteiger partial charge is 0.485 e. The predicted molar refractivity (Wildman–Crippen MR) is 107 cm³/mol. The third-order valence-electron chi connectivity index (χ3n) is 6.38. The molecule has 1 aromatic rings. The van der Waals surface area contributed by atoms with Crippen LogP contribution in [0.25, 0.3) is 0 Å². The maximum absolute atomic E-state index is 13.2. The van der Waals surface area contributed by atoms with Crippen LogP contribution in [0.2, 0.25) is 0 Å². The molecule has 0 bridgehead atoms. The minimum Gasteiger partial charge on any atom is -0.485 e. The number of hydrogen-bond donors (Lipinski definition) is 1. The molecule has 1 saturated heterocycles. The summed E-state index contributed by atoms with van der Waals surface area (Å²) in [7, 11) is 4.25. The summed E-state index contributed by atoms with van der Waals surface area (Å²) in [6.45, 7) is 2.25. The van der Waals surface area contributed by atoms with E-state index >= 15 is 0 Å². The van der Waals surface area contributed by atoms with Gasteiger partial charge in [0.05, 0.1) is 6.54 Å². The number of para-hydroxylation sites is 1. The summed E-state index contributed by atoms with van der Waals surface area (Å²) in [6, 6.07) is 7.67. The molecule has 6 heteroatoms. The van der Waals surface area contributed by atoms with Crippen LogP contribution in [-0.4, -0.2) is 60.4 Å². The summed E-state index contributed by atoms with van der Waals surface area (Å²) in [6.07, 6.45) is 5.18. The predicted octanol–water partition coefficient (Wildman–Crippen LogP) is 2.18. The number of rotatable bonds is 3. The molecule has 3 aliphatic rings. The first kappa shape index (κ1) is 19.2. The van der Waals surface area contributed by atoms with Gasteiger partial charge >= 0.3 is 0 Å². The Hall–Kier alpha value is -2.08. The first-order valence-corrected chi connectivity index (χ1v) is 10.4. The smallest absolute Gasteiger partial charge is 0.245 e.